The molecule has 2 aromatic heterocycles. The van der Waals surface area contributed by atoms with E-state index < -0.39 is 17.5 Å². The average Bonchev–Trinajstić information content (AvgIpc) is 3.54. The van der Waals surface area contributed by atoms with Crippen molar-refractivity contribution in [3.63, 3.8) is 0 Å². The second-order valence-electron chi connectivity index (χ2n) is 10.7. The van der Waals surface area contributed by atoms with E-state index in [1.807, 2.05) is 38.1 Å². The number of hydrogen-bond donors (Lipinski definition) is 1. The van der Waals surface area contributed by atoms with E-state index in [9.17, 15) is 23.7 Å². The van der Waals surface area contributed by atoms with Gasteiger partial charge in [0.1, 0.15) is 34.3 Å². The van der Waals surface area contributed by atoms with Gasteiger partial charge in [-0.3, -0.25) is 0 Å². The van der Waals surface area contributed by atoms with Crippen molar-refractivity contribution in [1.29, 1.82) is 10.5 Å². The van der Waals surface area contributed by atoms with Crippen molar-refractivity contribution in [3.8, 4) is 34.7 Å². The van der Waals surface area contributed by atoms with Crippen LogP contribution >= 0.6 is 11.8 Å². The maximum atomic E-state index is 12.9. The molecule has 4 aromatic rings. The first-order valence-corrected chi connectivity index (χ1v) is 14.7. The molecule has 1 aliphatic rings. The van der Waals surface area contributed by atoms with Crippen LogP contribution in [-0.4, -0.2) is 28.5 Å². The quantitative estimate of drug-likeness (QED) is 0.200. The molecular formula is C32H28F3N5O3S. The molecule has 0 amide bonds. The maximum Gasteiger partial charge on any atom is 0.416 e. The zero-order valence-corrected chi connectivity index (χ0v) is 25.0. The van der Waals surface area contributed by atoms with Crippen molar-refractivity contribution in [2.24, 2.45) is 0 Å². The van der Waals surface area contributed by atoms with E-state index in [1.54, 1.807) is 6.92 Å². The summed E-state index contributed by atoms with van der Waals surface area (Å²) < 4.78 is 56.1. The molecule has 0 radical (unpaired) electrons. The Morgan fingerprint density at radius 2 is 1.66 bits per heavy atom. The van der Waals surface area contributed by atoms with Gasteiger partial charge in [0.25, 0.3) is 0 Å². The molecule has 0 aliphatic carbocycles. The lowest BCUT2D eigenvalue weighted by atomic mass is 9.95. The van der Waals surface area contributed by atoms with Gasteiger partial charge >= 0.3 is 6.18 Å². The standard InChI is InChI=1S/C32H28F3N5O3S/c1-18-26(39-29(42-18)21-9-11-22(12-10-21)32(33,34)35)17-44-30-25(15-37)27(24(14-36)28(38)40-30)20-7-4-19(5-8-20)6-13-23-16-41-31(2,3)43-23/h4-5,7-12,23H,6,13,16-17H2,1-3H3,(H2,38,40)/t23-/m1/s1. The summed E-state index contributed by atoms with van der Waals surface area (Å²) in [6.07, 6.45) is -2.87. The Bertz CT molecular complexity index is 1750. The predicted octanol–water partition coefficient (Wildman–Crippen LogP) is 7.43. The number of hydrogen-bond acceptors (Lipinski definition) is 9. The van der Waals surface area contributed by atoms with Gasteiger partial charge in [-0.05, 0) is 69.0 Å². The maximum absolute atomic E-state index is 12.9. The van der Waals surface area contributed by atoms with Gasteiger partial charge in [-0.15, -0.1) is 0 Å². The van der Waals surface area contributed by atoms with Crippen molar-refractivity contribution in [2.45, 2.75) is 62.5 Å². The van der Waals surface area contributed by atoms with Crippen LogP contribution in [0, 0.1) is 29.6 Å². The van der Waals surface area contributed by atoms with E-state index in [1.165, 1.54) is 23.9 Å². The number of nitriles is 2. The zero-order valence-electron chi connectivity index (χ0n) is 24.2. The summed E-state index contributed by atoms with van der Waals surface area (Å²) in [6.45, 7) is 6.02. The Labute approximate surface area is 256 Å². The van der Waals surface area contributed by atoms with Crippen molar-refractivity contribution in [1.82, 2.24) is 9.97 Å². The average molecular weight is 620 g/mol. The highest BCUT2D eigenvalue weighted by Crippen LogP contribution is 2.38. The van der Waals surface area contributed by atoms with Crippen molar-refractivity contribution < 1.29 is 27.1 Å². The fraction of sp³-hybridized carbons (Fsp3) is 0.312. The SMILES string of the molecule is Cc1oc(-c2ccc(C(F)(F)F)cc2)nc1CSc1nc(N)c(C#N)c(-c2ccc(CC[C@@H]3COC(C)(C)O3)cc2)c1C#N. The molecule has 44 heavy (non-hydrogen) atoms. The summed E-state index contributed by atoms with van der Waals surface area (Å²) in [4.78, 5) is 8.81. The second kappa shape index (κ2) is 12.3. The summed E-state index contributed by atoms with van der Waals surface area (Å²) in [5.74, 6) is 0.313. The Hall–Kier alpha value is -4.36. The van der Waals surface area contributed by atoms with E-state index in [0.29, 0.717) is 39.8 Å². The van der Waals surface area contributed by atoms with E-state index in [-0.39, 0.29) is 34.7 Å². The molecule has 5 rings (SSSR count). The number of anilines is 1. The number of nitrogens with two attached hydrogens (primary N) is 1. The molecule has 226 valence electrons. The highest BCUT2D eigenvalue weighted by Gasteiger charge is 2.32. The van der Waals surface area contributed by atoms with Crippen LogP contribution in [0.5, 0.6) is 0 Å². The number of nitrogens with zero attached hydrogens (tertiary/aromatic N) is 4. The molecule has 2 N–H and O–H groups in total. The van der Waals surface area contributed by atoms with Gasteiger partial charge in [0, 0.05) is 16.9 Å². The normalized spacial score (nSPS) is 16.0. The topological polar surface area (TPSA) is 131 Å². The first-order valence-electron chi connectivity index (χ1n) is 13.7. The summed E-state index contributed by atoms with van der Waals surface area (Å²) in [5, 5.41) is 20.4. The Morgan fingerprint density at radius 3 is 2.25 bits per heavy atom. The summed E-state index contributed by atoms with van der Waals surface area (Å²) in [5.41, 5.74) is 8.79. The van der Waals surface area contributed by atoms with Crippen LogP contribution in [0.4, 0.5) is 19.0 Å². The number of pyridine rings is 1. The first-order chi connectivity index (χ1) is 20.9. The molecule has 0 unspecified atom stereocenters. The largest absolute Gasteiger partial charge is 0.441 e. The van der Waals surface area contributed by atoms with E-state index >= 15 is 0 Å². The summed E-state index contributed by atoms with van der Waals surface area (Å²) in [7, 11) is 0. The minimum atomic E-state index is -4.44. The Balaban J connectivity index is 1.36. The van der Waals surface area contributed by atoms with Gasteiger partial charge < -0.3 is 19.6 Å². The number of benzene rings is 2. The second-order valence-corrected chi connectivity index (χ2v) is 11.7. The number of alkyl halides is 3. The van der Waals surface area contributed by atoms with Gasteiger partial charge in [-0.25, -0.2) is 9.97 Å². The van der Waals surface area contributed by atoms with Crippen LogP contribution in [-0.2, 0) is 27.8 Å². The van der Waals surface area contributed by atoms with E-state index in [0.717, 1.165) is 30.5 Å². The third-order valence-electron chi connectivity index (χ3n) is 7.18. The van der Waals surface area contributed by atoms with Gasteiger partial charge in [0.15, 0.2) is 5.79 Å². The molecule has 1 saturated heterocycles. The Morgan fingerprint density at radius 1 is 1.00 bits per heavy atom. The molecule has 1 fully saturated rings. The van der Waals surface area contributed by atoms with Crippen LogP contribution in [0.1, 0.15) is 54.0 Å². The fourth-order valence-electron chi connectivity index (χ4n) is 4.89. The van der Waals surface area contributed by atoms with Gasteiger partial charge in [-0.2, -0.15) is 23.7 Å². The van der Waals surface area contributed by atoms with Gasteiger partial charge in [0.2, 0.25) is 5.89 Å². The monoisotopic (exact) mass is 619 g/mol. The van der Waals surface area contributed by atoms with Crippen molar-refractivity contribution in [2.75, 3.05) is 12.3 Å². The van der Waals surface area contributed by atoms with E-state index in [4.69, 9.17) is 19.6 Å². The molecule has 3 heterocycles. The predicted molar refractivity (Wildman–Crippen MR) is 158 cm³/mol. The lowest BCUT2D eigenvalue weighted by molar-refractivity contribution is -0.139. The molecule has 0 spiro atoms. The molecule has 1 atom stereocenters. The minimum absolute atomic E-state index is 0.00334. The number of halogens is 3. The highest BCUT2D eigenvalue weighted by atomic mass is 32.2. The summed E-state index contributed by atoms with van der Waals surface area (Å²) in [6, 6.07) is 16.4. The van der Waals surface area contributed by atoms with Crippen LogP contribution in [0.2, 0.25) is 0 Å². The third-order valence-corrected chi connectivity index (χ3v) is 8.16. The molecule has 12 heteroatoms. The third kappa shape index (κ3) is 6.73. The lowest BCUT2D eigenvalue weighted by Gasteiger charge is -2.17. The van der Waals surface area contributed by atoms with Crippen molar-refractivity contribution >= 4 is 17.6 Å². The van der Waals surface area contributed by atoms with Crippen LogP contribution in [0.15, 0.2) is 58.0 Å². The van der Waals surface area contributed by atoms with Crippen molar-refractivity contribution in [3.05, 3.63) is 82.2 Å². The smallest absolute Gasteiger partial charge is 0.416 e. The first kappa shape index (κ1) is 31.1. The zero-order chi connectivity index (χ0) is 31.6. The van der Waals surface area contributed by atoms with Gasteiger partial charge in [-0.1, -0.05) is 36.0 Å². The number of aryl methyl sites for hydroxylation is 2. The molecule has 0 saturated carbocycles. The van der Waals surface area contributed by atoms with Crippen LogP contribution in [0.3, 0.4) is 0 Å². The number of thioether (sulfide) groups is 1. The fourth-order valence-corrected chi connectivity index (χ4v) is 5.88. The van der Waals surface area contributed by atoms with E-state index in [2.05, 4.69) is 22.1 Å². The van der Waals surface area contributed by atoms with Crippen LogP contribution < -0.4 is 5.73 Å². The van der Waals surface area contributed by atoms with Gasteiger partial charge in [0.05, 0.1) is 29.5 Å². The number of rotatable bonds is 8. The molecule has 1 aliphatic heterocycles. The Kier molecular flexibility index (Phi) is 8.71. The molecule has 2 aromatic carbocycles. The molecule has 0 bridgehead atoms. The number of nitrogen functional groups attached to an aromatic ring is 1. The minimum Gasteiger partial charge on any atom is -0.441 e. The highest BCUT2D eigenvalue weighted by molar-refractivity contribution is 7.98. The molecular weight excluding hydrogens is 591 g/mol. The number of oxazole rings is 1. The number of ether oxygens (including phenoxy) is 2. The van der Waals surface area contributed by atoms with Crippen LogP contribution in [0.25, 0.3) is 22.6 Å². The lowest BCUT2D eigenvalue weighted by Crippen LogP contribution is -2.21. The summed E-state index contributed by atoms with van der Waals surface area (Å²) >= 11 is 1.20. The number of aromatic nitrogens is 2. The molecule has 8 nitrogen and oxygen atoms in total.